The molecule has 1 fully saturated rings. The van der Waals surface area contributed by atoms with Gasteiger partial charge in [0.2, 0.25) is 0 Å². The number of nitrogens with one attached hydrogen (secondary N) is 1. The molecule has 66 valence electrons. The summed E-state index contributed by atoms with van der Waals surface area (Å²) >= 11 is 1.79. The lowest BCUT2D eigenvalue weighted by atomic mass is 10.2. The van der Waals surface area contributed by atoms with E-state index in [2.05, 4.69) is 22.6 Å². The van der Waals surface area contributed by atoms with Crippen LogP contribution < -0.4 is 5.32 Å². The monoisotopic (exact) mass is 182 g/mol. The van der Waals surface area contributed by atoms with Gasteiger partial charge in [0.05, 0.1) is 5.01 Å². The van der Waals surface area contributed by atoms with Gasteiger partial charge >= 0.3 is 0 Å². The number of nitrogens with zero attached hydrogens (tertiary/aromatic N) is 1. The molecule has 1 saturated heterocycles. The molecule has 0 bridgehead atoms. The quantitative estimate of drug-likeness (QED) is 0.753. The zero-order valence-corrected chi connectivity index (χ0v) is 8.16. The van der Waals surface area contributed by atoms with Crippen molar-refractivity contribution in [3.8, 4) is 0 Å². The lowest BCUT2D eigenvalue weighted by Gasteiger charge is -2.05. The zero-order chi connectivity index (χ0) is 8.39. The van der Waals surface area contributed by atoms with Crippen molar-refractivity contribution in [3.63, 3.8) is 0 Å². The van der Waals surface area contributed by atoms with E-state index in [0.717, 1.165) is 12.1 Å². The fraction of sp³-hybridized carbons (Fsp3) is 0.667. The third-order valence-electron chi connectivity index (χ3n) is 2.25. The minimum atomic E-state index is 0.690. The van der Waals surface area contributed by atoms with Gasteiger partial charge in [-0.25, -0.2) is 4.98 Å². The van der Waals surface area contributed by atoms with Crippen LogP contribution in [0.25, 0.3) is 0 Å². The molecule has 2 nitrogen and oxygen atoms in total. The summed E-state index contributed by atoms with van der Waals surface area (Å²) in [5, 5.41) is 6.89. The molecule has 1 unspecified atom stereocenters. The van der Waals surface area contributed by atoms with Gasteiger partial charge in [-0.05, 0) is 26.3 Å². The molecule has 1 aromatic rings. The number of hydrogen-bond acceptors (Lipinski definition) is 3. The molecule has 12 heavy (non-hydrogen) atoms. The molecule has 0 spiro atoms. The highest BCUT2D eigenvalue weighted by Gasteiger charge is 2.15. The average Bonchev–Trinajstić information content (AvgIpc) is 2.63. The van der Waals surface area contributed by atoms with E-state index in [9.17, 15) is 0 Å². The van der Waals surface area contributed by atoms with Crippen molar-refractivity contribution in [1.82, 2.24) is 10.3 Å². The van der Waals surface area contributed by atoms with Crippen molar-refractivity contribution < 1.29 is 0 Å². The predicted octanol–water partition coefficient (Wildman–Crippen LogP) is 1.75. The van der Waals surface area contributed by atoms with Crippen molar-refractivity contribution in [2.75, 3.05) is 6.54 Å². The van der Waals surface area contributed by atoms with Gasteiger partial charge in [-0.2, -0.15) is 0 Å². The van der Waals surface area contributed by atoms with E-state index in [0.29, 0.717) is 6.04 Å². The van der Waals surface area contributed by atoms with Crippen LogP contribution in [0.4, 0.5) is 0 Å². The Bertz CT molecular complexity index is 251. The summed E-state index contributed by atoms with van der Waals surface area (Å²) in [7, 11) is 0. The molecule has 0 aliphatic carbocycles. The molecule has 0 radical (unpaired) electrons. The molecule has 3 heteroatoms. The second-order valence-corrected chi connectivity index (χ2v) is 4.32. The van der Waals surface area contributed by atoms with Gasteiger partial charge in [0, 0.05) is 23.5 Å². The Balaban J connectivity index is 1.94. The highest BCUT2D eigenvalue weighted by molar-refractivity contribution is 7.09. The van der Waals surface area contributed by atoms with Crippen LogP contribution in [0.3, 0.4) is 0 Å². The fourth-order valence-electron chi connectivity index (χ4n) is 1.64. The van der Waals surface area contributed by atoms with E-state index < -0.39 is 0 Å². The van der Waals surface area contributed by atoms with Crippen LogP contribution in [-0.2, 0) is 6.42 Å². The van der Waals surface area contributed by atoms with Crippen LogP contribution in [0.1, 0.15) is 23.5 Å². The average molecular weight is 182 g/mol. The molecule has 1 atom stereocenters. The number of rotatable bonds is 2. The largest absolute Gasteiger partial charge is 0.314 e. The van der Waals surface area contributed by atoms with Crippen molar-refractivity contribution in [1.29, 1.82) is 0 Å². The second kappa shape index (κ2) is 3.54. The summed E-state index contributed by atoms with van der Waals surface area (Å²) in [6.07, 6.45) is 3.77. The SMILES string of the molecule is Cc1csc(CC2CCCN2)n1. The summed E-state index contributed by atoms with van der Waals surface area (Å²) in [6.45, 7) is 3.25. The maximum atomic E-state index is 4.45. The maximum Gasteiger partial charge on any atom is 0.0943 e. The molecule has 2 heterocycles. The van der Waals surface area contributed by atoms with Crippen molar-refractivity contribution >= 4 is 11.3 Å². The minimum Gasteiger partial charge on any atom is -0.314 e. The van der Waals surface area contributed by atoms with Gasteiger partial charge in [0.15, 0.2) is 0 Å². The van der Waals surface area contributed by atoms with E-state index in [1.807, 2.05) is 0 Å². The summed E-state index contributed by atoms with van der Waals surface area (Å²) in [4.78, 5) is 4.45. The normalized spacial score (nSPS) is 23.2. The Morgan fingerprint density at radius 1 is 1.75 bits per heavy atom. The Kier molecular flexibility index (Phi) is 2.42. The smallest absolute Gasteiger partial charge is 0.0943 e. The highest BCUT2D eigenvalue weighted by atomic mass is 32.1. The Morgan fingerprint density at radius 3 is 3.25 bits per heavy atom. The molecule has 1 aliphatic heterocycles. The van der Waals surface area contributed by atoms with Gasteiger partial charge < -0.3 is 5.32 Å². The third kappa shape index (κ3) is 1.84. The van der Waals surface area contributed by atoms with E-state index in [-0.39, 0.29) is 0 Å². The van der Waals surface area contributed by atoms with E-state index in [4.69, 9.17) is 0 Å². The number of aromatic nitrogens is 1. The van der Waals surface area contributed by atoms with Crippen molar-refractivity contribution in [2.24, 2.45) is 0 Å². The molecule has 2 rings (SSSR count). The van der Waals surface area contributed by atoms with Gasteiger partial charge in [-0.1, -0.05) is 0 Å². The first-order valence-electron chi connectivity index (χ1n) is 4.49. The number of thiazole rings is 1. The van der Waals surface area contributed by atoms with Gasteiger partial charge in [-0.3, -0.25) is 0 Å². The van der Waals surface area contributed by atoms with Crippen LogP contribution >= 0.6 is 11.3 Å². The number of hydrogen-bond donors (Lipinski definition) is 1. The van der Waals surface area contributed by atoms with Gasteiger partial charge in [0.25, 0.3) is 0 Å². The maximum absolute atomic E-state index is 4.45. The molecule has 1 aliphatic rings. The lowest BCUT2D eigenvalue weighted by Crippen LogP contribution is -2.23. The Morgan fingerprint density at radius 2 is 2.67 bits per heavy atom. The van der Waals surface area contributed by atoms with Gasteiger partial charge in [0.1, 0.15) is 0 Å². The summed E-state index contributed by atoms with van der Waals surface area (Å²) in [5.41, 5.74) is 1.16. The van der Waals surface area contributed by atoms with Crippen LogP contribution in [0.2, 0.25) is 0 Å². The minimum absolute atomic E-state index is 0.690. The van der Waals surface area contributed by atoms with Crippen LogP contribution in [0, 0.1) is 6.92 Å². The highest BCUT2D eigenvalue weighted by Crippen LogP contribution is 2.15. The molecule has 0 aromatic carbocycles. The van der Waals surface area contributed by atoms with E-state index in [1.165, 1.54) is 24.4 Å². The Labute approximate surface area is 77.0 Å². The summed E-state index contributed by atoms with van der Waals surface area (Å²) in [6, 6.07) is 0.690. The second-order valence-electron chi connectivity index (χ2n) is 3.38. The van der Waals surface area contributed by atoms with Crippen molar-refractivity contribution in [3.05, 3.63) is 16.1 Å². The first kappa shape index (κ1) is 8.20. The summed E-state index contributed by atoms with van der Waals surface area (Å²) < 4.78 is 0. The zero-order valence-electron chi connectivity index (χ0n) is 7.34. The third-order valence-corrected chi connectivity index (χ3v) is 3.24. The Hall–Kier alpha value is -0.410. The van der Waals surface area contributed by atoms with Crippen LogP contribution in [0.15, 0.2) is 5.38 Å². The van der Waals surface area contributed by atoms with Gasteiger partial charge in [-0.15, -0.1) is 11.3 Å². The topological polar surface area (TPSA) is 24.9 Å². The van der Waals surface area contributed by atoms with E-state index >= 15 is 0 Å². The number of aryl methyl sites for hydroxylation is 1. The van der Waals surface area contributed by atoms with Crippen molar-refractivity contribution in [2.45, 2.75) is 32.2 Å². The molecule has 0 saturated carbocycles. The van der Waals surface area contributed by atoms with Crippen LogP contribution in [-0.4, -0.2) is 17.6 Å². The molecular weight excluding hydrogens is 168 g/mol. The fourth-order valence-corrected chi connectivity index (χ4v) is 2.49. The standard InChI is InChI=1S/C9H14N2S/c1-7-6-12-9(11-7)5-8-3-2-4-10-8/h6,8,10H,2-5H2,1H3. The predicted molar refractivity (Wildman–Crippen MR) is 51.6 cm³/mol. The first-order chi connectivity index (χ1) is 5.84. The lowest BCUT2D eigenvalue weighted by molar-refractivity contribution is 0.601. The van der Waals surface area contributed by atoms with E-state index in [1.54, 1.807) is 11.3 Å². The summed E-state index contributed by atoms with van der Waals surface area (Å²) in [5.74, 6) is 0. The van der Waals surface area contributed by atoms with Crippen LogP contribution in [0.5, 0.6) is 0 Å². The molecule has 0 amide bonds. The first-order valence-corrected chi connectivity index (χ1v) is 5.37. The molecular formula is C9H14N2S. The molecule has 1 aromatic heterocycles. The molecule has 1 N–H and O–H groups in total.